The van der Waals surface area contributed by atoms with Gasteiger partial charge in [-0.3, -0.25) is 5.92 Å². The second-order valence-corrected chi connectivity index (χ2v) is 4.87. The molecule has 1 nitrogen and oxygen atoms in total. The van der Waals surface area contributed by atoms with E-state index in [1.165, 1.54) is 5.56 Å². The van der Waals surface area contributed by atoms with Crippen molar-refractivity contribution in [2.75, 3.05) is 0 Å². The van der Waals surface area contributed by atoms with Gasteiger partial charge in [-0.15, -0.1) is 17.7 Å². The molecule has 3 heteroatoms. The standard InChI is InChI=1S/C14H15O.B.Y/c1-4-10-5-6-12-11(9-10)13(15)7-8-14(12,2)3;;/h5-6,9,13,15H,7-8H2,2-3H3;;/q-1;;. The van der Waals surface area contributed by atoms with Gasteiger partial charge < -0.3 is 11.5 Å². The molecule has 0 bridgehead atoms. The maximum absolute atomic E-state index is 9.92. The summed E-state index contributed by atoms with van der Waals surface area (Å²) in [6.45, 7) is 4.40. The molecule has 1 aliphatic carbocycles. The first-order chi connectivity index (χ1) is 7.04. The van der Waals surface area contributed by atoms with Crippen molar-refractivity contribution in [1.29, 1.82) is 0 Å². The summed E-state index contributed by atoms with van der Waals surface area (Å²) in [5.74, 6) is 2.36. The molecule has 0 heterocycles. The summed E-state index contributed by atoms with van der Waals surface area (Å²) in [4.78, 5) is 0. The monoisotopic (exact) mass is 299 g/mol. The topological polar surface area (TPSA) is 20.2 Å². The van der Waals surface area contributed by atoms with Crippen molar-refractivity contribution in [2.24, 2.45) is 0 Å². The molecule has 0 aliphatic heterocycles. The zero-order chi connectivity index (χ0) is 11.1. The summed E-state index contributed by atoms with van der Waals surface area (Å²) in [7, 11) is 0. The van der Waals surface area contributed by atoms with E-state index in [2.05, 4.69) is 19.8 Å². The van der Waals surface area contributed by atoms with E-state index >= 15 is 0 Å². The minimum absolute atomic E-state index is 0. The van der Waals surface area contributed by atoms with E-state index in [1.807, 2.05) is 18.2 Å². The van der Waals surface area contributed by atoms with E-state index < -0.39 is 0 Å². The SMILES string of the molecule is [B].[C-]#Cc1ccc2c(c1)C(O)CCC2(C)C.[Y]. The van der Waals surface area contributed by atoms with Gasteiger partial charge in [0.15, 0.2) is 0 Å². The van der Waals surface area contributed by atoms with Crippen LogP contribution in [-0.4, -0.2) is 13.5 Å². The van der Waals surface area contributed by atoms with Crippen LogP contribution in [0.1, 0.15) is 49.5 Å². The van der Waals surface area contributed by atoms with Crippen molar-refractivity contribution in [3.63, 3.8) is 0 Å². The van der Waals surface area contributed by atoms with Crippen LogP contribution in [0.15, 0.2) is 18.2 Å². The van der Waals surface area contributed by atoms with Crippen LogP contribution in [-0.2, 0) is 38.1 Å². The summed E-state index contributed by atoms with van der Waals surface area (Å²) in [5.41, 5.74) is 3.06. The van der Waals surface area contributed by atoms with Gasteiger partial charge in [-0.05, 0) is 29.4 Å². The first-order valence-corrected chi connectivity index (χ1v) is 5.30. The van der Waals surface area contributed by atoms with Gasteiger partial charge in [-0.25, -0.2) is 0 Å². The van der Waals surface area contributed by atoms with Crippen molar-refractivity contribution in [3.8, 4) is 5.92 Å². The molecular weight excluding hydrogens is 284 g/mol. The van der Waals surface area contributed by atoms with Gasteiger partial charge in [-0.2, -0.15) is 0 Å². The maximum Gasteiger partial charge on any atom is 0.0779 e. The summed E-state index contributed by atoms with van der Waals surface area (Å²) in [6.07, 6.45) is 8.54. The van der Waals surface area contributed by atoms with E-state index in [0.29, 0.717) is 0 Å². The summed E-state index contributed by atoms with van der Waals surface area (Å²) >= 11 is 0. The Balaban J connectivity index is 0.00000128. The average molecular weight is 299 g/mol. The molecule has 17 heavy (non-hydrogen) atoms. The van der Waals surface area contributed by atoms with Gasteiger partial charge in [-0.1, -0.05) is 19.9 Å². The Labute approximate surface area is 131 Å². The van der Waals surface area contributed by atoms with Crippen LogP contribution in [0.25, 0.3) is 0 Å². The predicted octanol–water partition coefficient (Wildman–Crippen LogP) is 2.35. The number of hydrogen-bond acceptors (Lipinski definition) is 1. The largest absolute Gasteiger partial charge is 0.388 e. The molecule has 0 spiro atoms. The number of fused-ring (bicyclic) bond motifs is 1. The third-order valence-electron chi connectivity index (χ3n) is 3.33. The summed E-state index contributed by atoms with van der Waals surface area (Å²) < 4.78 is 0. The maximum atomic E-state index is 9.92. The first-order valence-electron chi connectivity index (χ1n) is 5.30. The smallest absolute Gasteiger partial charge is 0.0779 e. The molecule has 1 unspecified atom stereocenters. The fourth-order valence-corrected chi connectivity index (χ4v) is 2.32. The van der Waals surface area contributed by atoms with Crippen LogP contribution in [0.3, 0.4) is 0 Å². The third kappa shape index (κ3) is 3.22. The van der Waals surface area contributed by atoms with Crippen LogP contribution >= 0.6 is 0 Å². The second kappa shape index (κ2) is 6.19. The van der Waals surface area contributed by atoms with Gasteiger partial charge in [0.2, 0.25) is 0 Å². The Morgan fingerprint density at radius 3 is 2.65 bits per heavy atom. The van der Waals surface area contributed by atoms with Gasteiger partial charge in [0.1, 0.15) is 0 Å². The van der Waals surface area contributed by atoms with E-state index in [0.717, 1.165) is 24.0 Å². The van der Waals surface area contributed by atoms with E-state index in [9.17, 15) is 5.11 Å². The van der Waals surface area contributed by atoms with Crippen LogP contribution in [0.4, 0.5) is 0 Å². The van der Waals surface area contributed by atoms with Crippen LogP contribution in [0.2, 0.25) is 0 Å². The van der Waals surface area contributed by atoms with Crippen molar-refractivity contribution in [2.45, 2.75) is 38.2 Å². The molecule has 0 fully saturated rings. The van der Waals surface area contributed by atoms with Crippen LogP contribution in [0, 0.1) is 12.3 Å². The molecule has 4 radical (unpaired) electrons. The molecule has 1 aliphatic rings. The Morgan fingerprint density at radius 2 is 2.06 bits per heavy atom. The molecule has 1 aromatic carbocycles. The summed E-state index contributed by atoms with van der Waals surface area (Å²) in [6, 6.07) is 5.80. The Kier molecular flexibility index (Phi) is 6.15. The Hall–Kier alpha value is -0.0912. The van der Waals surface area contributed by atoms with Crippen molar-refractivity contribution < 1.29 is 37.8 Å². The predicted molar refractivity (Wildman–Crippen MR) is 65.6 cm³/mol. The number of aliphatic hydroxyl groups excluding tert-OH is 1. The van der Waals surface area contributed by atoms with Crippen molar-refractivity contribution >= 4 is 8.41 Å². The van der Waals surface area contributed by atoms with Gasteiger partial charge in [0.05, 0.1) is 6.10 Å². The fraction of sp³-hybridized carbons (Fsp3) is 0.429. The van der Waals surface area contributed by atoms with Gasteiger partial charge in [0, 0.05) is 41.1 Å². The molecule has 1 aromatic rings. The first kappa shape index (κ1) is 16.9. The molecule has 0 aromatic heterocycles. The van der Waals surface area contributed by atoms with Crippen molar-refractivity contribution in [1.82, 2.24) is 0 Å². The van der Waals surface area contributed by atoms with E-state index in [-0.39, 0.29) is 52.6 Å². The zero-order valence-corrected chi connectivity index (χ0v) is 13.2. The number of benzene rings is 1. The summed E-state index contributed by atoms with van der Waals surface area (Å²) in [5, 5.41) is 9.92. The number of hydrogen-bond donors (Lipinski definition) is 1. The molecule has 0 saturated heterocycles. The quantitative estimate of drug-likeness (QED) is 0.443. The van der Waals surface area contributed by atoms with Crippen LogP contribution < -0.4 is 0 Å². The van der Waals surface area contributed by atoms with Crippen LogP contribution in [0.5, 0.6) is 0 Å². The minimum Gasteiger partial charge on any atom is -0.388 e. The molecule has 0 amide bonds. The Bertz CT molecular complexity index is 434. The van der Waals surface area contributed by atoms with E-state index in [4.69, 9.17) is 6.42 Å². The molecule has 84 valence electrons. The Morgan fingerprint density at radius 1 is 1.41 bits per heavy atom. The normalized spacial score (nSPS) is 20.2. The fourth-order valence-electron chi connectivity index (χ4n) is 2.32. The molecule has 1 atom stereocenters. The van der Waals surface area contributed by atoms with Gasteiger partial charge in [0.25, 0.3) is 0 Å². The average Bonchev–Trinajstić information content (AvgIpc) is 2.23. The molecule has 2 rings (SSSR count). The van der Waals surface area contributed by atoms with Gasteiger partial charge >= 0.3 is 0 Å². The number of aliphatic hydroxyl groups is 1. The molecular formula is C14H15BOY-. The zero-order valence-electron chi connectivity index (χ0n) is 10.3. The molecule has 0 saturated carbocycles. The van der Waals surface area contributed by atoms with Crippen molar-refractivity contribution in [3.05, 3.63) is 41.3 Å². The molecule has 1 N–H and O–H groups in total. The number of rotatable bonds is 0. The van der Waals surface area contributed by atoms with E-state index in [1.54, 1.807) is 0 Å². The second-order valence-electron chi connectivity index (χ2n) is 4.87. The minimum atomic E-state index is -0.374. The third-order valence-corrected chi connectivity index (χ3v) is 3.33.